The van der Waals surface area contributed by atoms with Crippen molar-refractivity contribution in [3.8, 4) is 0 Å². The Labute approximate surface area is 188 Å². The maximum atomic E-state index is 13.3. The van der Waals surface area contributed by atoms with Crippen LogP contribution in [0.1, 0.15) is 25.1 Å². The molecule has 0 aliphatic carbocycles. The van der Waals surface area contributed by atoms with E-state index in [0.29, 0.717) is 6.54 Å². The Hall–Kier alpha value is -3.45. The van der Waals surface area contributed by atoms with Gasteiger partial charge in [-0.15, -0.1) is 0 Å². The molecule has 0 aliphatic heterocycles. The summed E-state index contributed by atoms with van der Waals surface area (Å²) in [6.07, 6.45) is 3.87. The number of para-hydroxylation sites is 1. The fourth-order valence-electron chi connectivity index (χ4n) is 3.53. The third-order valence-electron chi connectivity index (χ3n) is 5.41. The Bertz CT molecular complexity index is 1330. The van der Waals surface area contributed by atoms with Gasteiger partial charge in [-0.25, -0.2) is 13.4 Å². The molecular weight excluding hydrogens is 422 g/mol. The third-order valence-corrected chi connectivity index (χ3v) is 7.58. The largest absolute Gasteiger partial charge is 0.306 e. The number of pyridine rings is 1. The van der Waals surface area contributed by atoms with Gasteiger partial charge in [0.15, 0.2) is 9.84 Å². The Morgan fingerprint density at radius 1 is 0.969 bits per heavy atom. The van der Waals surface area contributed by atoms with Crippen LogP contribution in [-0.2, 0) is 27.6 Å². The van der Waals surface area contributed by atoms with Crippen LogP contribution in [-0.4, -0.2) is 29.0 Å². The predicted octanol–water partition coefficient (Wildman–Crippen LogP) is 4.29. The molecule has 7 heteroatoms. The molecule has 4 aromatic rings. The van der Waals surface area contributed by atoms with Gasteiger partial charge in [0.05, 0.1) is 35.0 Å². The van der Waals surface area contributed by atoms with Gasteiger partial charge in [0.25, 0.3) is 0 Å². The third kappa shape index (κ3) is 4.43. The lowest BCUT2D eigenvalue weighted by Crippen LogP contribution is -2.32. The van der Waals surface area contributed by atoms with E-state index < -0.39 is 15.1 Å². The highest BCUT2D eigenvalue weighted by molar-refractivity contribution is 7.92. The van der Waals surface area contributed by atoms with Crippen molar-refractivity contribution >= 4 is 27.1 Å². The lowest BCUT2D eigenvalue weighted by molar-refractivity contribution is -0.118. The second kappa shape index (κ2) is 8.96. The number of sulfone groups is 1. The van der Waals surface area contributed by atoms with Crippen molar-refractivity contribution in [1.29, 1.82) is 0 Å². The topological polar surface area (TPSA) is 71.8 Å². The lowest BCUT2D eigenvalue weighted by Gasteiger charge is -2.23. The molecule has 4 rings (SSSR count). The smallest absolute Gasteiger partial charge is 0.231 e. The van der Waals surface area contributed by atoms with E-state index in [1.165, 1.54) is 0 Å². The fraction of sp³-hybridized carbons (Fsp3) is 0.200. The molecule has 6 nitrogen and oxygen atoms in total. The van der Waals surface area contributed by atoms with Crippen LogP contribution >= 0.6 is 0 Å². The molecule has 0 N–H and O–H groups in total. The van der Waals surface area contributed by atoms with Gasteiger partial charge in [-0.2, -0.15) is 0 Å². The molecule has 32 heavy (non-hydrogen) atoms. The Morgan fingerprint density at radius 3 is 2.34 bits per heavy atom. The van der Waals surface area contributed by atoms with Crippen LogP contribution in [0, 0.1) is 0 Å². The minimum atomic E-state index is -3.34. The number of rotatable bonds is 7. The highest BCUT2D eigenvalue weighted by Gasteiger charge is 2.21. The number of fused-ring (bicyclic) bond motifs is 1. The molecule has 2 heterocycles. The van der Waals surface area contributed by atoms with Crippen LogP contribution in [0.5, 0.6) is 0 Å². The van der Waals surface area contributed by atoms with Gasteiger partial charge in [-0.05, 0) is 55.8 Å². The van der Waals surface area contributed by atoms with Crippen LogP contribution in [0.25, 0.3) is 5.65 Å². The van der Waals surface area contributed by atoms with Gasteiger partial charge in [0.1, 0.15) is 5.65 Å². The quantitative estimate of drug-likeness (QED) is 0.424. The van der Waals surface area contributed by atoms with E-state index in [-0.39, 0.29) is 17.2 Å². The van der Waals surface area contributed by atoms with Crippen molar-refractivity contribution in [2.24, 2.45) is 0 Å². The first-order chi connectivity index (χ1) is 15.4. The minimum absolute atomic E-state index is 0.0819. The first-order valence-electron chi connectivity index (χ1n) is 10.5. The molecule has 0 spiro atoms. The maximum absolute atomic E-state index is 13.3. The molecule has 2 aromatic heterocycles. The number of hydrogen-bond acceptors (Lipinski definition) is 4. The first-order valence-corrected chi connectivity index (χ1v) is 12.0. The Morgan fingerprint density at radius 2 is 1.66 bits per heavy atom. The Kier molecular flexibility index (Phi) is 6.10. The molecule has 0 unspecified atom stereocenters. The normalized spacial score (nSPS) is 11.7. The highest BCUT2D eigenvalue weighted by atomic mass is 32.2. The number of carbonyl (C=O) groups is 1. The van der Waals surface area contributed by atoms with E-state index in [2.05, 4.69) is 4.98 Å². The van der Waals surface area contributed by atoms with Gasteiger partial charge in [-0.3, -0.25) is 4.79 Å². The van der Waals surface area contributed by atoms with Crippen molar-refractivity contribution in [3.05, 3.63) is 96.4 Å². The van der Waals surface area contributed by atoms with Gasteiger partial charge in [0.2, 0.25) is 5.91 Å². The van der Waals surface area contributed by atoms with Crippen LogP contribution in [0.15, 0.2) is 90.1 Å². The number of benzene rings is 2. The molecule has 164 valence electrons. The predicted molar refractivity (Wildman–Crippen MR) is 125 cm³/mol. The second-order valence-electron chi connectivity index (χ2n) is 7.91. The van der Waals surface area contributed by atoms with Crippen LogP contribution < -0.4 is 4.90 Å². The zero-order valence-corrected chi connectivity index (χ0v) is 18.9. The number of imidazole rings is 1. The van der Waals surface area contributed by atoms with Gasteiger partial charge in [0, 0.05) is 11.9 Å². The van der Waals surface area contributed by atoms with Crippen molar-refractivity contribution in [3.63, 3.8) is 0 Å². The van der Waals surface area contributed by atoms with E-state index >= 15 is 0 Å². The molecule has 0 fully saturated rings. The van der Waals surface area contributed by atoms with Gasteiger partial charge >= 0.3 is 0 Å². The molecule has 0 radical (unpaired) electrons. The second-order valence-corrected chi connectivity index (χ2v) is 10.4. The number of carbonyl (C=O) groups excluding carboxylic acids is 1. The summed E-state index contributed by atoms with van der Waals surface area (Å²) >= 11 is 0. The van der Waals surface area contributed by atoms with Crippen molar-refractivity contribution < 1.29 is 13.2 Å². The molecule has 0 aliphatic rings. The summed E-state index contributed by atoms with van der Waals surface area (Å²) in [4.78, 5) is 19.8. The fourth-order valence-corrected chi connectivity index (χ4v) is 4.59. The zero-order valence-electron chi connectivity index (χ0n) is 18.0. The summed E-state index contributed by atoms with van der Waals surface area (Å²) in [6, 6.07) is 21.9. The number of hydrogen-bond donors (Lipinski definition) is 0. The summed E-state index contributed by atoms with van der Waals surface area (Å²) in [5.74, 6) is -0.0819. The zero-order chi connectivity index (χ0) is 22.7. The van der Waals surface area contributed by atoms with Gasteiger partial charge < -0.3 is 9.30 Å². The van der Waals surface area contributed by atoms with E-state index in [1.54, 1.807) is 49.2 Å². The SMILES string of the molecule is CC(C)S(=O)(=O)c1ccc(CC(=O)N(Cc2cnc3ccccn23)c2ccccc2)cc1. The van der Waals surface area contributed by atoms with Crippen LogP contribution in [0.2, 0.25) is 0 Å². The van der Waals surface area contributed by atoms with E-state index in [9.17, 15) is 13.2 Å². The maximum Gasteiger partial charge on any atom is 0.231 e. The van der Waals surface area contributed by atoms with Crippen molar-refractivity contribution in [2.75, 3.05) is 4.90 Å². The summed E-state index contributed by atoms with van der Waals surface area (Å²) in [6.45, 7) is 3.68. The lowest BCUT2D eigenvalue weighted by atomic mass is 10.1. The standard InChI is InChI=1S/C25H25N3O3S/c1-19(2)32(30,31)23-13-11-20(12-14-23)16-25(29)28(21-8-4-3-5-9-21)18-22-17-26-24-10-6-7-15-27(22)24/h3-15,17,19H,16,18H2,1-2H3. The first kappa shape index (κ1) is 21.8. The summed E-state index contributed by atoms with van der Waals surface area (Å²) in [7, 11) is -3.34. The average Bonchev–Trinajstić information content (AvgIpc) is 3.21. The summed E-state index contributed by atoms with van der Waals surface area (Å²) in [5.41, 5.74) is 3.28. The summed E-state index contributed by atoms with van der Waals surface area (Å²) < 4.78 is 26.7. The molecule has 0 saturated heterocycles. The van der Waals surface area contributed by atoms with E-state index in [4.69, 9.17) is 0 Å². The van der Waals surface area contributed by atoms with E-state index in [1.807, 2.05) is 59.1 Å². The average molecular weight is 448 g/mol. The van der Waals surface area contributed by atoms with Crippen LogP contribution in [0.4, 0.5) is 5.69 Å². The molecule has 2 aromatic carbocycles. The molecule has 1 amide bonds. The highest BCUT2D eigenvalue weighted by Crippen LogP contribution is 2.21. The molecular formula is C25H25N3O3S. The minimum Gasteiger partial charge on any atom is -0.306 e. The number of aromatic nitrogens is 2. The van der Waals surface area contributed by atoms with Gasteiger partial charge in [-0.1, -0.05) is 36.4 Å². The number of anilines is 1. The summed E-state index contributed by atoms with van der Waals surface area (Å²) in [5, 5.41) is -0.492. The van der Waals surface area contributed by atoms with E-state index in [0.717, 1.165) is 22.6 Å². The number of amides is 1. The monoisotopic (exact) mass is 447 g/mol. The Balaban J connectivity index is 1.60. The van der Waals surface area contributed by atoms with Crippen molar-refractivity contribution in [1.82, 2.24) is 9.38 Å². The molecule has 0 saturated carbocycles. The van der Waals surface area contributed by atoms with Crippen molar-refractivity contribution in [2.45, 2.75) is 37.0 Å². The van der Waals surface area contributed by atoms with Crippen LogP contribution in [0.3, 0.4) is 0 Å². The molecule has 0 atom stereocenters. The number of nitrogens with zero attached hydrogens (tertiary/aromatic N) is 3. The molecule has 0 bridgehead atoms.